The topological polar surface area (TPSA) is 23.6 Å². The number of halogens is 1. The summed E-state index contributed by atoms with van der Waals surface area (Å²) in [5.74, 6) is 0.157. The second kappa shape index (κ2) is 4.35. The number of amides is 1. The first-order valence-corrected chi connectivity index (χ1v) is 7.21. The molecule has 1 aromatic carbocycles. The van der Waals surface area contributed by atoms with Crippen molar-refractivity contribution >= 4 is 21.8 Å². The number of hydrazine groups is 1. The predicted octanol–water partition coefficient (Wildman–Crippen LogP) is 3.11. The van der Waals surface area contributed by atoms with Crippen LogP contribution in [0.15, 0.2) is 16.6 Å². The highest BCUT2D eigenvalue weighted by atomic mass is 79.9. The molecule has 1 aliphatic heterocycles. The van der Waals surface area contributed by atoms with Crippen LogP contribution in [0.5, 0.6) is 0 Å². The maximum atomic E-state index is 12.5. The molecule has 0 spiro atoms. The third kappa shape index (κ3) is 1.79. The number of fused-ring (bicyclic) bond motifs is 1. The Labute approximate surface area is 116 Å². The SMILES string of the molecule is Cc1cc(Br)cc2c1C(=O)N(N(C)C1CCC1)C2. The first-order valence-electron chi connectivity index (χ1n) is 6.41. The van der Waals surface area contributed by atoms with E-state index in [1.54, 1.807) is 0 Å². The fourth-order valence-electron chi connectivity index (χ4n) is 2.82. The molecule has 0 aromatic heterocycles. The van der Waals surface area contributed by atoms with Gasteiger partial charge in [0.15, 0.2) is 0 Å². The zero-order valence-corrected chi connectivity index (χ0v) is 12.3. The summed E-state index contributed by atoms with van der Waals surface area (Å²) in [6, 6.07) is 4.63. The standard InChI is InChI=1S/C14H17BrN2O/c1-9-6-11(15)7-10-8-17(14(18)13(9)10)16(2)12-4-3-5-12/h6-7,12H,3-5,8H2,1-2H3. The Bertz CT molecular complexity index is 511. The van der Waals surface area contributed by atoms with Crippen molar-refractivity contribution in [2.75, 3.05) is 7.05 Å². The van der Waals surface area contributed by atoms with Crippen LogP contribution in [0.1, 0.15) is 40.7 Å². The smallest absolute Gasteiger partial charge is 0.268 e. The van der Waals surface area contributed by atoms with Gasteiger partial charge >= 0.3 is 0 Å². The molecular formula is C14H17BrN2O. The van der Waals surface area contributed by atoms with Gasteiger partial charge in [0.05, 0.1) is 6.54 Å². The molecule has 2 aliphatic rings. The van der Waals surface area contributed by atoms with E-state index in [1.165, 1.54) is 19.3 Å². The lowest BCUT2D eigenvalue weighted by atomic mass is 9.93. The number of aryl methyl sites for hydroxylation is 1. The van der Waals surface area contributed by atoms with Gasteiger partial charge in [-0.3, -0.25) is 9.80 Å². The fourth-order valence-corrected chi connectivity index (χ4v) is 3.44. The molecule has 0 unspecified atom stereocenters. The fraction of sp³-hybridized carbons (Fsp3) is 0.500. The minimum Gasteiger partial charge on any atom is -0.268 e. The summed E-state index contributed by atoms with van der Waals surface area (Å²) in [6.07, 6.45) is 3.70. The van der Waals surface area contributed by atoms with E-state index in [0.29, 0.717) is 12.6 Å². The van der Waals surface area contributed by atoms with Crippen molar-refractivity contribution in [1.29, 1.82) is 0 Å². The number of carbonyl (C=O) groups is 1. The Balaban J connectivity index is 1.91. The first-order chi connectivity index (χ1) is 8.58. The van der Waals surface area contributed by atoms with Gasteiger partial charge in [0.25, 0.3) is 5.91 Å². The van der Waals surface area contributed by atoms with Gasteiger partial charge in [0, 0.05) is 23.1 Å². The molecule has 1 aromatic rings. The van der Waals surface area contributed by atoms with Crippen molar-refractivity contribution in [1.82, 2.24) is 10.0 Å². The van der Waals surface area contributed by atoms with Crippen LogP contribution in [0.3, 0.4) is 0 Å². The third-order valence-electron chi connectivity index (χ3n) is 4.13. The molecule has 4 heteroatoms. The van der Waals surface area contributed by atoms with Crippen molar-refractivity contribution in [3.63, 3.8) is 0 Å². The van der Waals surface area contributed by atoms with E-state index < -0.39 is 0 Å². The monoisotopic (exact) mass is 308 g/mol. The van der Waals surface area contributed by atoms with Crippen molar-refractivity contribution < 1.29 is 4.79 Å². The van der Waals surface area contributed by atoms with Crippen LogP contribution >= 0.6 is 15.9 Å². The van der Waals surface area contributed by atoms with Gasteiger partial charge in [0.2, 0.25) is 0 Å². The van der Waals surface area contributed by atoms with Crippen LogP contribution in [0.4, 0.5) is 0 Å². The normalized spacial score (nSPS) is 19.3. The van der Waals surface area contributed by atoms with Gasteiger partial charge in [-0.05, 0) is 43.0 Å². The Hall–Kier alpha value is -0.870. The molecule has 96 valence electrons. The molecule has 1 amide bonds. The van der Waals surface area contributed by atoms with Crippen molar-refractivity contribution in [3.05, 3.63) is 33.3 Å². The minimum absolute atomic E-state index is 0.157. The second-order valence-electron chi connectivity index (χ2n) is 5.28. The molecule has 18 heavy (non-hydrogen) atoms. The Morgan fingerprint density at radius 3 is 2.72 bits per heavy atom. The zero-order chi connectivity index (χ0) is 12.9. The summed E-state index contributed by atoms with van der Waals surface area (Å²) in [6.45, 7) is 2.72. The van der Waals surface area contributed by atoms with Crippen molar-refractivity contribution in [2.24, 2.45) is 0 Å². The van der Waals surface area contributed by atoms with E-state index in [-0.39, 0.29) is 5.91 Å². The highest BCUT2D eigenvalue weighted by Gasteiger charge is 2.35. The Morgan fingerprint density at radius 2 is 2.11 bits per heavy atom. The molecule has 1 heterocycles. The third-order valence-corrected chi connectivity index (χ3v) is 4.59. The van der Waals surface area contributed by atoms with Crippen LogP contribution in [0.25, 0.3) is 0 Å². The van der Waals surface area contributed by atoms with Crippen molar-refractivity contribution in [2.45, 2.75) is 38.8 Å². The molecule has 0 atom stereocenters. The highest BCUT2D eigenvalue weighted by Crippen LogP contribution is 2.33. The van der Waals surface area contributed by atoms with Crippen molar-refractivity contribution in [3.8, 4) is 0 Å². The second-order valence-corrected chi connectivity index (χ2v) is 6.19. The number of benzene rings is 1. The molecular weight excluding hydrogens is 292 g/mol. The molecule has 3 nitrogen and oxygen atoms in total. The van der Waals surface area contributed by atoms with Crippen LogP contribution in [-0.4, -0.2) is 29.0 Å². The quantitative estimate of drug-likeness (QED) is 0.838. The minimum atomic E-state index is 0.157. The largest absolute Gasteiger partial charge is 0.269 e. The van der Waals surface area contributed by atoms with E-state index in [1.807, 2.05) is 25.0 Å². The van der Waals surface area contributed by atoms with E-state index in [4.69, 9.17) is 0 Å². The summed E-state index contributed by atoms with van der Waals surface area (Å²) >= 11 is 3.50. The number of hydrogen-bond donors (Lipinski definition) is 0. The maximum Gasteiger partial charge on any atom is 0.269 e. The average molecular weight is 309 g/mol. The number of rotatable bonds is 2. The van der Waals surface area contributed by atoms with Gasteiger partial charge < -0.3 is 0 Å². The van der Waals surface area contributed by atoms with Crippen LogP contribution in [-0.2, 0) is 6.54 Å². The number of nitrogens with zero attached hydrogens (tertiary/aromatic N) is 2. The van der Waals surface area contributed by atoms with Crippen LogP contribution in [0.2, 0.25) is 0 Å². The lowest BCUT2D eigenvalue weighted by Gasteiger charge is -2.39. The summed E-state index contributed by atoms with van der Waals surface area (Å²) in [5.41, 5.74) is 3.09. The van der Waals surface area contributed by atoms with E-state index >= 15 is 0 Å². The van der Waals surface area contributed by atoms with E-state index in [0.717, 1.165) is 21.2 Å². The summed E-state index contributed by atoms with van der Waals surface area (Å²) in [4.78, 5) is 12.5. The van der Waals surface area contributed by atoms with Gasteiger partial charge in [-0.1, -0.05) is 22.4 Å². The molecule has 1 aliphatic carbocycles. The van der Waals surface area contributed by atoms with E-state index in [2.05, 4.69) is 27.0 Å². The molecule has 1 saturated carbocycles. The zero-order valence-electron chi connectivity index (χ0n) is 10.7. The summed E-state index contributed by atoms with van der Waals surface area (Å²) in [5, 5.41) is 4.03. The average Bonchev–Trinajstić information content (AvgIpc) is 2.52. The lowest BCUT2D eigenvalue weighted by Crippen LogP contribution is -2.49. The number of hydrogen-bond acceptors (Lipinski definition) is 2. The van der Waals surface area contributed by atoms with Gasteiger partial charge in [-0.2, -0.15) is 0 Å². The van der Waals surface area contributed by atoms with Crippen LogP contribution in [0, 0.1) is 6.92 Å². The maximum absolute atomic E-state index is 12.5. The van der Waals surface area contributed by atoms with Crippen LogP contribution < -0.4 is 0 Å². The Kier molecular flexibility index (Phi) is 2.94. The molecule has 3 rings (SSSR count). The molecule has 0 N–H and O–H groups in total. The molecule has 0 bridgehead atoms. The Morgan fingerprint density at radius 1 is 1.39 bits per heavy atom. The van der Waals surface area contributed by atoms with Gasteiger partial charge in [0.1, 0.15) is 0 Å². The number of carbonyl (C=O) groups excluding carboxylic acids is 1. The summed E-state index contributed by atoms with van der Waals surface area (Å²) in [7, 11) is 2.04. The molecule has 1 fully saturated rings. The van der Waals surface area contributed by atoms with E-state index in [9.17, 15) is 4.79 Å². The lowest BCUT2D eigenvalue weighted by molar-refractivity contribution is -0.0402. The van der Waals surface area contributed by atoms with Gasteiger partial charge in [-0.25, -0.2) is 5.01 Å². The highest BCUT2D eigenvalue weighted by molar-refractivity contribution is 9.10. The van der Waals surface area contributed by atoms with Gasteiger partial charge in [-0.15, -0.1) is 0 Å². The molecule has 0 saturated heterocycles. The summed E-state index contributed by atoms with van der Waals surface area (Å²) < 4.78 is 1.06. The first kappa shape index (κ1) is 12.2. The predicted molar refractivity (Wildman–Crippen MR) is 74.2 cm³/mol. The molecule has 0 radical (unpaired) electrons.